The first kappa shape index (κ1) is 19.6. The van der Waals surface area contributed by atoms with Gasteiger partial charge in [0, 0.05) is 31.9 Å². The predicted octanol–water partition coefficient (Wildman–Crippen LogP) is 2.35. The summed E-state index contributed by atoms with van der Waals surface area (Å²) in [6, 6.07) is 13.0. The van der Waals surface area contributed by atoms with Gasteiger partial charge in [0.25, 0.3) is 0 Å². The fraction of sp³-hybridized carbons (Fsp3) is 0.300. The minimum Gasteiger partial charge on any atom is -0.365 e. The van der Waals surface area contributed by atoms with Crippen molar-refractivity contribution in [2.24, 2.45) is 4.99 Å². The number of hydrogen-bond acceptors (Lipinski definition) is 3. The van der Waals surface area contributed by atoms with E-state index in [1.165, 1.54) is 18.2 Å². The Balaban J connectivity index is 1.49. The molecule has 3 N–H and O–H groups in total. The molecule has 0 radical (unpaired) electrons. The number of amides is 1. The molecule has 8 heteroatoms. The van der Waals surface area contributed by atoms with Gasteiger partial charge in [0.1, 0.15) is 17.3 Å². The van der Waals surface area contributed by atoms with Gasteiger partial charge in [0.15, 0.2) is 5.96 Å². The van der Waals surface area contributed by atoms with Crippen LogP contribution in [0.3, 0.4) is 0 Å². The molecule has 1 aliphatic rings. The zero-order valence-electron chi connectivity index (χ0n) is 15.6. The molecule has 2 aromatic rings. The minimum absolute atomic E-state index is 0.00279. The predicted molar refractivity (Wildman–Crippen MR) is 107 cm³/mol. The molecule has 1 atom stereocenters. The number of carbonyl (C=O) groups is 1. The Morgan fingerprint density at radius 1 is 1.14 bits per heavy atom. The van der Waals surface area contributed by atoms with Crippen molar-refractivity contribution < 1.29 is 13.6 Å². The van der Waals surface area contributed by atoms with E-state index in [2.05, 4.69) is 20.9 Å². The molecule has 0 aliphatic carbocycles. The summed E-state index contributed by atoms with van der Waals surface area (Å²) in [6.07, 6.45) is 0.699. The van der Waals surface area contributed by atoms with Gasteiger partial charge < -0.3 is 20.9 Å². The molecule has 0 bridgehead atoms. The fourth-order valence-corrected chi connectivity index (χ4v) is 3.15. The van der Waals surface area contributed by atoms with Crippen molar-refractivity contribution >= 4 is 23.2 Å². The lowest BCUT2D eigenvalue weighted by atomic mass is 10.2. The van der Waals surface area contributed by atoms with Gasteiger partial charge in [-0.2, -0.15) is 0 Å². The van der Waals surface area contributed by atoms with Gasteiger partial charge in [0.2, 0.25) is 5.91 Å². The maximum absolute atomic E-state index is 14.0. The normalized spacial score (nSPS) is 16.8. The Morgan fingerprint density at radius 3 is 2.54 bits per heavy atom. The molecule has 148 valence electrons. The minimum atomic E-state index is -0.569. The highest BCUT2D eigenvalue weighted by molar-refractivity contribution is 5.95. The maximum Gasteiger partial charge on any atom is 0.243 e. The molecule has 1 aliphatic heterocycles. The first-order valence-electron chi connectivity index (χ1n) is 9.08. The van der Waals surface area contributed by atoms with Crippen molar-refractivity contribution in [1.82, 2.24) is 10.6 Å². The first-order valence-corrected chi connectivity index (χ1v) is 9.08. The Morgan fingerprint density at radius 2 is 1.86 bits per heavy atom. The lowest BCUT2D eigenvalue weighted by Crippen LogP contribution is -2.46. The van der Waals surface area contributed by atoms with E-state index in [9.17, 15) is 13.6 Å². The van der Waals surface area contributed by atoms with Crippen LogP contribution in [-0.2, 0) is 4.79 Å². The Kier molecular flexibility index (Phi) is 6.41. The van der Waals surface area contributed by atoms with Gasteiger partial charge in [-0.3, -0.25) is 9.79 Å². The van der Waals surface area contributed by atoms with Crippen LogP contribution in [0.2, 0.25) is 0 Å². The van der Waals surface area contributed by atoms with Crippen molar-refractivity contribution in [3.8, 4) is 0 Å². The monoisotopic (exact) mass is 387 g/mol. The molecular formula is C20H23F2N5O. The van der Waals surface area contributed by atoms with Crippen LogP contribution in [0.4, 0.5) is 20.2 Å². The second-order valence-electron chi connectivity index (χ2n) is 6.49. The van der Waals surface area contributed by atoms with E-state index in [1.807, 2.05) is 18.2 Å². The average Bonchev–Trinajstić information content (AvgIpc) is 3.14. The number of nitrogens with one attached hydrogen (secondary N) is 3. The molecule has 0 aromatic heterocycles. The van der Waals surface area contributed by atoms with Crippen LogP contribution in [0.15, 0.2) is 53.5 Å². The number of carbonyl (C=O) groups excluding carboxylic acids is 1. The molecule has 6 nitrogen and oxygen atoms in total. The van der Waals surface area contributed by atoms with Crippen LogP contribution in [0.1, 0.15) is 6.42 Å². The third-order valence-corrected chi connectivity index (χ3v) is 4.48. The summed E-state index contributed by atoms with van der Waals surface area (Å²) in [5.74, 6) is -0.874. The highest BCUT2D eigenvalue weighted by atomic mass is 19.1. The summed E-state index contributed by atoms with van der Waals surface area (Å²) >= 11 is 0. The number of anilines is 2. The molecule has 1 unspecified atom stereocenters. The number of rotatable bonds is 5. The number of nitrogens with zero attached hydrogens (tertiary/aromatic N) is 2. The van der Waals surface area contributed by atoms with E-state index in [4.69, 9.17) is 0 Å². The van der Waals surface area contributed by atoms with Crippen molar-refractivity contribution in [1.29, 1.82) is 0 Å². The Labute approximate surface area is 162 Å². The highest BCUT2D eigenvalue weighted by Crippen LogP contribution is 2.26. The quantitative estimate of drug-likeness (QED) is 0.544. The Bertz CT molecular complexity index is 823. The second kappa shape index (κ2) is 9.16. The van der Waals surface area contributed by atoms with Crippen LogP contribution in [0.25, 0.3) is 0 Å². The smallest absolute Gasteiger partial charge is 0.243 e. The van der Waals surface area contributed by atoms with Crippen LogP contribution in [-0.4, -0.2) is 44.6 Å². The van der Waals surface area contributed by atoms with Crippen LogP contribution in [0.5, 0.6) is 0 Å². The van der Waals surface area contributed by atoms with Gasteiger partial charge in [0.05, 0.1) is 6.54 Å². The summed E-state index contributed by atoms with van der Waals surface area (Å²) in [4.78, 5) is 17.8. The number of halogens is 2. The topological polar surface area (TPSA) is 68.8 Å². The van der Waals surface area contributed by atoms with Crippen molar-refractivity contribution in [3.05, 3.63) is 60.2 Å². The fourth-order valence-electron chi connectivity index (χ4n) is 3.15. The molecule has 1 saturated heterocycles. The zero-order chi connectivity index (χ0) is 19.9. The maximum atomic E-state index is 14.0. The van der Waals surface area contributed by atoms with Crippen LogP contribution < -0.4 is 20.9 Å². The van der Waals surface area contributed by atoms with Crippen molar-refractivity contribution in [3.63, 3.8) is 0 Å². The third kappa shape index (κ3) is 4.97. The lowest BCUT2D eigenvalue weighted by Gasteiger charge is -2.21. The van der Waals surface area contributed by atoms with E-state index in [1.54, 1.807) is 24.1 Å². The van der Waals surface area contributed by atoms with Gasteiger partial charge in [-0.15, -0.1) is 0 Å². The van der Waals surface area contributed by atoms with Gasteiger partial charge >= 0.3 is 0 Å². The van der Waals surface area contributed by atoms with Gasteiger partial charge in [-0.25, -0.2) is 8.78 Å². The standard InChI is InChI=1S/C20H23F2N5O/c1-23-20(24-12-18(28)25-14-6-3-2-4-7-14)26-15-10-11-27(13-15)19-16(21)8-5-9-17(19)22/h2-9,15H,10-13H2,1H3,(H,25,28)(H2,23,24,26). The number of para-hydroxylation sites is 2. The first-order chi connectivity index (χ1) is 13.6. The van der Waals surface area contributed by atoms with E-state index >= 15 is 0 Å². The molecule has 1 fully saturated rings. The van der Waals surface area contributed by atoms with Crippen molar-refractivity contribution in [2.75, 3.05) is 36.9 Å². The lowest BCUT2D eigenvalue weighted by molar-refractivity contribution is -0.115. The molecule has 1 heterocycles. The molecule has 0 saturated carbocycles. The SMILES string of the molecule is CN=C(NCC(=O)Nc1ccccc1)NC1CCN(c2c(F)cccc2F)C1. The molecule has 3 rings (SSSR count). The number of benzene rings is 2. The third-order valence-electron chi connectivity index (χ3n) is 4.48. The van der Waals surface area contributed by atoms with Gasteiger partial charge in [-0.05, 0) is 30.7 Å². The second-order valence-corrected chi connectivity index (χ2v) is 6.49. The molecule has 0 spiro atoms. The Hall–Kier alpha value is -3.16. The van der Waals surface area contributed by atoms with Gasteiger partial charge in [-0.1, -0.05) is 24.3 Å². The number of guanidine groups is 1. The van der Waals surface area contributed by atoms with Crippen molar-refractivity contribution in [2.45, 2.75) is 12.5 Å². The molecule has 28 heavy (non-hydrogen) atoms. The van der Waals surface area contributed by atoms with E-state index < -0.39 is 11.6 Å². The number of hydrogen-bond donors (Lipinski definition) is 3. The summed E-state index contributed by atoms with van der Waals surface area (Å²) in [7, 11) is 1.60. The van der Waals surface area contributed by atoms with Crippen LogP contribution in [0, 0.1) is 11.6 Å². The van der Waals surface area contributed by atoms with E-state index in [0.717, 1.165) is 5.69 Å². The molecule has 1 amide bonds. The summed E-state index contributed by atoms with van der Waals surface area (Å²) in [5.41, 5.74) is 0.715. The van der Waals surface area contributed by atoms with Crippen LogP contribution >= 0.6 is 0 Å². The van der Waals surface area contributed by atoms with E-state index in [0.29, 0.717) is 25.5 Å². The molecule has 2 aromatic carbocycles. The summed E-state index contributed by atoms with van der Waals surface area (Å²) < 4.78 is 27.9. The highest BCUT2D eigenvalue weighted by Gasteiger charge is 2.27. The average molecular weight is 387 g/mol. The van der Waals surface area contributed by atoms with E-state index in [-0.39, 0.29) is 24.2 Å². The summed E-state index contributed by atoms with van der Waals surface area (Å²) in [6.45, 7) is 1.02. The summed E-state index contributed by atoms with van der Waals surface area (Å²) in [5, 5.41) is 8.93. The largest absolute Gasteiger partial charge is 0.365 e. The molecular weight excluding hydrogens is 364 g/mol. The number of aliphatic imine (C=N–C) groups is 1. The zero-order valence-corrected chi connectivity index (χ0v) is 15.6.